The maximum atomic E-state index is 9.42. The normalized spacial score (nSPS) is 10.7. The quantitative estimate of drug-likeness (QED) is 0.778. The number of rotatable bonds is 4. The molecule has 0 atom stereocenters. The largest absolute Gasteiger partial charge is 0.504 e. The molecule has 1 aromatic rings. The molecule has 2 nitrogen and oxygen atoms in total. The zero-order valence-corrected chi connectivity index (χ0v) is 8.79. The summed E-state index contributed by atoms with van der Waals surface area (Å²) in [4.78, 5) is 0. The molecular formula is C11H13ClO2. The van der Waals surface area contributed by atoms with Gasteiger partial charge in [-0.3, -0.25) is 0 Å². The Morgan fingerprint density at radius 2 is 2.29 bits per heavy atom. The average molecular weight is 213 g/mol. The number of hydrogen-bond acceptors (Lipinski definition) is 2. The molecule has 0 aliphatic carbocycles. The van der Waals surface area contributed by atoms with Gasteiger partial charge >= 0.3 is 0 Å². The van der Waals surface area contributed by atoms with Gasteiger partial charge in [0.15, 0.2) is 11.5 Å². The molecule has 1 aromatic carbocycles. The van der Waals surface area contributed by atoms with E-state index in [9.17, 15) is 5.11 Å². The van der Waals surface area contributed by atoms with E-state index in [0.29, 0.717) is 18.2 Å². The van der Waals surface area contributed by atoms with Crippen molar-refractivity contribution in [1.82, 2.24) is 0 Å². The van der Waals surface area contributed by atoms with Crippen LogP contribution < -0.4 is 4.74 Å². The lowest BCUT2D eigenvalue weighted by atomic mass is 10.2. The summed E-state index contributed by atoms with van der Waals surface area (Å²) in [6, 6.07) is 5.20. The van der Waals surface area contributed by atoms with E-state index in [1.807, 2.05) is 19.1 Å². The van der Waals surface area contributed by atoms with Crippen LogP contribution >= 0.6 is 11.6 Å². The molecule has 0 fully saturated rings. The SMILES string of the molecule is CCOc1cc(C=CCCl)ccc1O. The molecule has 0 aliphatic rings. The Kier molecular flexibility index (Phi) is 4.33. The Hall–Kier alpha value is -1.15. The molecule has 1 N–H and O–H groups in total. The van der Waals surface area contributed by atoms with Crippen LogP contribution in [-0.4, -0.2) is 17.6 Å². The van der Waals surface area contributed by atoms with E-state index in [4.69, 9.17) is 16.3 Å². The summed E-state index contributed by atoms with van der Waals surface area (Å²) in [6.07, 6.45) is 3.72. The van der Waals surface area contributed by atoms with Gasteiger partial charge in [0.1, 0.15) is 0 Å². The highest BCUT2D eigenvalue weighted by molar-refractivity contribution is 6.19. The molecule has 0 radical (unpaired) electrons. The van der Waals surface area contributed by atoms with E-state index < -0.39 is 0 Å². The van der Waals surface area contributed by atoms with Crippen molar-refractivity contribution in [3.05, 3.63) is 29.8 Å². The smallest absolute Gasteiger partial charge is 0.161 e. The van der Waals surface area contributed by atoms with E-state index in [2.05, 4.69) is 0 Å². The molecule has 0 unspecified atom stereocenters. The van der Waals surface area contributed by atoms with Crippen molar-refractivity contribution >= 4 is 17.7 Å². The lowest BCUT2D eigenvalue weighted by Gasteiger charge is -2.05. The highest BCUT2D eigenvalue weighted by atomic mass is 35.5. The van der Waals surface area contributed by atoms with Crippen LogP contribution in [0.15, 0.2) is 24.3 Å². The van der Waals surface area contributed by atoms with Crippen LogP contribution in [0.3, 0.4) is 0 Å². The van der Waals surface area contributed by atoms with Crippen LogP contribution in [0.2, 0.25) is 0 Å². The number of allylic oxidation sites excluding steroid dienone is 1. The van der Waals surface area contributed by atoms with E-state index in [-0.39, 0.29) is 5.75 Å². The van der Waals surface area contributed by atoms with Crippen LogP contribution in [0, 0.1) is 0 Å². The Morgan fingerprint density at radius 1 is 1.50 bits per heavy atom. The van der Waals surface area contributed by atoms with Gasteiger partial charge in [-0.25, -0.2) is 0 Å². The number of aromatic hydroxyl groups is 1. The minimum atomic E-state index is 0.162. The first-order valence-corrected chi connectivity index (χ1v) is 4.99. The summed E-state index contributed by atoms with van der Waals surface area (Å²) in [5.74, 6) is 1.14. The fraction of sp³-hybridized carbons (Fsp3) is 0.273. The molecule has 0 spiro atoms. The standard InChI is InChI=1S/C11H13ClO2/c1-2-14-11-8-9(4-3-7-12)5-6-10(11)13/h3-6,8,13H,2,7H2,1H3. The molecule has 76 valence electrons. The summed E-state index contributed by atoms with van der Waals surface area (Å²) in [5, 5.41) is 9.42. The third-order valence-corrected chi connectivity index (χ3v) is 1.86. The second-order valence-electron chi connectivity index (χ2n) is 2.72. The predicted molar refractivity (Wildman–Crippen MR) is 59.0 cm³/mol. The van der Waals surface area contributed by atoms with Gasteiger partial charge in [0.2, 0.25) is 0 Å². The first-order chi connectivity index (χ1) is 6.77. The van der Waals surface area contributed by atoms with Crippen molar-refractivity contribution < 1.29 is 9.84 Å². The van der Waals surface area contributed by atoms with Gasteiger partial charge in [-0.15, -0.1) is 11.6 Å². The van der Waals surface area contributed by atoms with Crippen molar-refractivity contribution in [1.29, 1.82) is 0 Å². The predicted octanol–water partition coefficient (Wildman–Crippen LogP) is 3.04. The van der Waals surface area contributed by atoms with E-state index in [1.165, 1.54) is 0 Å². The van der Waals surface area contributed by atoms with Gasteiger partial charge < -0.3 is 9.84 Å². The highest BCUT2D eigenvalue weighted by Crippen LogP contribution is 2.27. The van der Waals surface area contributed by atoms with Crippen molar-refractivity contribution in [2.45, 2.75) is 6.92 Å². The highest BCUT2D eigenvalue weighted by Gasteiger charge is 2.00. The number of alkyl halides is 1. The molecule has 0 amide bonds. The summed E-state index contributed by atoms with van der Waals surface area (Å²) >= 11 is 5.52. The molecule has 0 aromatic heterocycles. The summed E-state index contributed by atoms with van der Waals surface area (Å²) in [6.45, 7) is 2.41. The Balaban J connectivity index is 2.88. The van der Waals surface area contributed by atoms with Crippen LogP contribution in [0.25, 0.3) is 6.08 Å². The van der Waals surface area contributed by atoms with Crippen LogP contribution in [-0.2, 0) is 0 Å². The summed E-state index contributed by atoms with van der Waals surface area (Å²) < 4.78 is 5.24. The molecule has 0 saturated heterocycles. The van der Waals surface area contributed by atoms with Gasteiger partial charge in [-0.05, 0) is 24.6 Å². The maximum absolute atomic E-state index is 9.42. The van der Waals surface area contributed by atoms with Crippen molar-refractivity contribution in [2.75, 3.05) is 12.5 Å². The number of halogens is 1. The van der Waals surface area contributed by atoms with Gasteiger partial charge in [-0.1, -0.05) is 18.2 Å². The van der Waals surface area contributed by atoms with Crippen molar-refractivity contribution in [3.8, 4) is 11.5 Å². The van der Waals surface area contributed by atoms with Crippen LogP contribution in [0.4, 0.5) is 0 Å². The monoisotopic (exact) mass is 212 g/mol. The Labute approximate surface area is 88.8 Å². The molecule has 0 heterocycles. The minimum Gasteiger partial charge on any atom is -0.504 e. The van der Waals surface area contributed by atoms with Gasteiger partial charge in [-0.2, -0.15) is 0 Å². The summed E-state index contributed by atoms with van der Waals surface area (Å²) in [5.41, 5.74) is 0.965. The molecular weight excluding hydrogens is 200 g/mol. The second-order valence-corrected chi connectivity index (χ2v) is 3.03. The third kappa shape index (κ3) is 2.96. The molecule has 0 bridgehead atoms. The van der Waals surface area contributed by atoms with Crippen molar-refractivity contribution in [2.24, 2.45) is 0 Å². The number of phenols is 1. The zero-order chi connectivity index (χ0) is 10.4. The van der Waals surface area contributed by atoms with Gasteiger partial charge in [0.25, 0.3) is 0 Å². The van der Waals surface area contributed by atoms with E-state index in [0.717, 1.165) is 5.56 Å². The van der Waals surface area contributed by atoms with E-state index >= 15 is 0 Å². The minimum absolute atomic E-state index is 0.162. The number of hydrogen-bond donors (Lipinski definition) is 1. The first kappa shape index (κ1) is 10.9. The lowest BCUT2D eigenvalue weighted by molar-refractivity contribution is 0.318. The van der Waals surface area contributed by atoms with Gasteiger partial charge in [0, 0.05) is 5.88 Å². The molecule has 0 aliphatic heterocycles. The lowest BCUT2D eigenvalue weighted by Crippen LogP contribution is -1.91. The summed E-state index contributed by atoms with van der Waals surface area (Å²) in [7, 11) is 0. The van der Waals surface area contributed by atoms with Crippen LogP contribution in [0.1, 0.15) is 12.5 Å². The zero-order valence-electron chi connectivity index (χ0n) is 8.03. The molecule has 1 rings (SSSR count). The fourth-order valence-electron chi connectivity index (χ4n) is 1.09. The molecule has 0 saturated carbocycles. The van der Waals surface area contributed by atoms with Crippen molar-refractivity contribution in [3.63, 3.8) is 0 Å². The number of benzene rings is 1. The number of phenolic OH excluding ortho intramolecular Hbond substituents is 1. The third-order valence-electron chi connectivity index (χ3n) is 1.68. The second kappa shape index (κ2) is 5.55. The van der Waals surface area contributed by atoms with Gasteiger partial charge in [0.05, 0.1) is 6.61 Å². The average Bonchev–Trinajstić information content (AvgIpc) is 2.19. The Bertz CT molecular complexity index is 321. The van der Waals surface area contributed by atoms with Crippen LogP contribution in [0.5, 0.6) is 11.5 Å². The number of ether oxygens (including phenoxy) is 1. The van der Waals surface area contributed by atoms with E-state index in [1.54, 1.807) is 18.2 Å². The molecule has 14 heavy (non-hydrogen) atoms. The fourth-order valence-corrected chi connectivity index (χ4v) is 1.18. The Morgan fingerprint density at radius 3 is 2.93 bits per heavy atom. The topological polar surface area (TPSA) is 29.5 Å². The molecule has 3 heteroatoms. The maximum Gasteiger partial charge on any atom is 0.161 e. The first-order valence-electron chi connectivity index (χ1n) is 4.46.